The molecule has 2 aliphatic rings. The van der Waals surface area contributed by atoms with Crippen LogP contribution >= 0.6 is 0 Å². The first-order valence-electron chi connectivity index (χ1n) is 5.76. The van der Waals surface area contributed by atoms with Crippen LogP contribution in [0.2, 0.25) is 0 Å². The maximum Gasteiger partial charge on any atom is 0.324 e. The number of amides is 3. The van der Waals surface area contributed by atoms with E-state index in [0.29, 0.717) is 12.5 Å². The summed E-state index contributed by atoms with van der Waals surface area (Å²) in [6.45, 7) is 3.27. The van der Waals surface area contributed by atoms with Crippen molar-refractivity contribution in [1.29, 1.82) is 0 Å². The highest BCUT2D eigenvalue weighted by molar-refractivity contribution is 5.97. The van der Waals surface area contributed by atoms with Crippen molar-refractivity contribution in [2.75, 3.05) is 13.1 Å². The summed E-state index contributed by atoms with van der Waals surface area (Å²) in [5.41, 5.74) is 0. The largest absolute Gasteiger partial charge is 0.324 e. The first kappa shape index (κ1) is 10.5. The minimum atomic E-state index is -0.204. The highest BCUT2D eigenvalue weighted by Crippen LogP contribution is 2.26. The van der Waals surface area contributed by atoms with Gasteiger partial charge in [0, 0.05) is 13.1 Å². The highest BCUT2D eigenvalue weighted by atomic mass is 16.2. The molecule has 3 amide bonds. The van der Waals surface area contributed by atoms with Crippen LogP contribution in [0.4, 0.5) is 4.79 Å². The lowest BCUT2D eigenvalue weighted by atomic mass is 10.0. The molecule has 0 spiro atoms. The number of rotatable bonds is 2. The maximum absolute atomic E-state index is 11.5. The number of urea groups is 1. The molecule has 1 aliphatic heterocycles. The van der Waals surface area contributed by atoms with Crippen LogP contribution in [0.1, 0.15) is 32.6 Å². The van der Waals surface area contributed by atoms with Crippen molar-refractivity contribution in [3.8, 4) is 0 Å². The Labute approximate surface area is 90.0 Å². The molecule has 4 nitrogen and oxygen atoms in total. The Bertz CT molecular complexity index is 272. The molecule has 1 heterocycles. The summed E-state index contributed by atoms with van der Waals surface area (Å²) >= 11 is 0. The molecule has 0 radical (unpaired) electrons. The number of imide groups is 1. The quantitative estimate of drug-likeness (QED) is 0.748. The van der Waals surface area contributed by atoms with E-state index in [-0.39, 0.29) is 17.9 Å². The normalized spacial score (nSPS) is 28.3. The molecule has 0 aromatic carbocycles. The fraction of sp³-hybridized carbons (Fsp3) is 0.818. The zero-order chi connectivity index (χ0) is 10.8. The standard InChI is InChI=1S/C11H18N2O2/c1-8-6-13(11(15)12-10(8)14)7-9-4-2-3-5-9/h8-9H,2-7H2,1H3,(H,12,14,15). The van der Waals surface area contributed by atoms with Crippen LogP contribution in [0.5, 0.6) is 0 Å². The van der Waals surface area contributed by atoms with Gasteiger partial charge in [-0.05, 0) is 18.8 Å². The van der Waals surface area contributed by atoms with E-state index < -0.39 is 0 Å². The van der Waals surface area contributed by atoms with Gasteiger partial charge < -0.3 is 4.90 Å². The monoisotopic (exact) mass is 210 g/mol. The Morgan fingerprint density at radius 2 is 2.00 bits per heavy atom. The second kappa shape index (κ2) is 4.21. The van der Waals surface area contributed by atoms with Crippen LogP contribution in [0, 0.1) is 11.8 Å². The Balaban J connectivity index is 1.90. The summed E-state index contributed by atoms with van der Waals surface area (Å²) in [6, 6.07) is -0.204. The topological polar surface area (TPSA) is 49.4 Å². The lowest BCUT2D eigenvalue weighted by Crippen LogP contribution is -2.54. The van der Waals surface area contributed by atoms with E-state index in [4.69, 9.17) is 0 Å². The average molecular weight is 210 g/mol. The van der Waals surface area contributed by atoms with Gasteiger partial charge in [0.1, 0.15) is 0 Å². The molecule has 4 heteroatoms. The minimum Gasteiger partial charge on any atom is -0.323 e. The molecule has 0 bridgehead atoms. The molecule has 2 fully saturated rings. The van der Waals surface area contributed by atoms with E-state index in [1.54, 1.807) is 4.90 Å². The predicted octanol–water partition coefficient (Wildman–Crippen LogP) is 1.36. The smallest absolute Gasteiger partial charge is 0.323 e. The summed E-state index contributed by atoms with van der Waals surface area (Å²) in [5, 5.41) is 2.40. The van der Waals surface area contributed by atoms with Crippen LogP contribution in [0.25, 0.3) is 0 Å². The zero-order valence-electron chi connectivity index (χ0n) is 9.16. The Morgan fingerprint density at radius 1 is 1.33 bits per heavy atom. The van der Waals surface area contributed by atoms with Gasteiger partial charge in [0.15, 0.2) is 0 Å². The fourth-order valence-corrected chi connectivity index (χ4v) is 2.47. The first-order chi connectivity index (χ1) is 7.16. The van der Waals surface area contributed by atoms with E-state index in [2.05, 4.69) is 5.32 Å². The fourth-order valence-electron chi connectivity index (χ4n) is 2.47. The van der Waals surface area contributed by atoms with E-state index in [0.717, 1.165) is 6.54 Å². The van der Waals surface area contributed by atoms with Gasteiger partial charge in [-0.15, -0.1) is 0 Å². The minimum absolute atomic E-state index is 0.0656. The molecule has 2 rings (SSSR count). The Kier molecular flexibility index (Phi) is 2.93. The molecule has 15 heavy (non-hydrogen) atoms. The molecule has 0 aromatic rings. The molecule has 1 atom stereocenters. The third-order valence-electron chi connectivity index (χ3n) is 3.41. The van der Waals surface area contributed by atoms with Gasteiger partial charge in [0.05, 0.1) is 5.92 Å². The zero-order valence-corrected chi connectivity index (χ0v) is 9.16. The molecule has 0 aromatic heterocycles. The molecular weight excluding hydrogens is 192 g/mol. The number of nitrogens with one attached hydrogen (secondary N) is 1. The van der Waals surface area contributed by atoms with Crippen LogP contribution in [-0.2, 0) is 4.79 Å². The van der Waals surface area contributed by atoms with Crippen LogP contribution < -0.4 is 5.32 Å². The lowest BCUT2D eigenvalue weighted by Gasteiger charge is -2.32. The Hall–Kier alpha value is -1.06. The van der Waals surface area contributed by atoms with Gasteiger partial charge in [0.2, 0.25) is 5.91 Å². The van der Waals surface area contributed by atoms with Crippen molar-refractivity contribution in [3.05, 3.63) is 0 Å². The van der Waals surface area contributed by atoms with Gasteiger partial charge >= 0.3 is 6.03 Å². The molecule has 1 unspecified atom stereocenters. The summed E-state index contributed by atoms with van der Waals surface area (Å²) < 4.78 is 0. The van der Waals surface area contributed by atoms with E-state index in [1.165, 1.54) is 25.7 Å². The van der Waals surface area contributed by atoms with E-state index in [9.17, 15) is 9.59 Å². The third-order valence-corrected chi connectivity index (χ3v) is 3.41. The SMILES string of the molecule is CC1CN(CC2CCCC2)C(=O)NC1=O. The number of carbonyl (C=O) groups excluding carboxylic acids is 2. The number of hydrogen-bond acceptors (Lipinski definition) is 2. The second-order valence-electron chi connectivity index (χ2n) is 4.75. The lowest BCUT2D eigenvalue weighted by molar-refractivity contribution is -0.125. The third kappa shape index (κ3) is 2.30. The summed E-state index contributed by atoms with van der Waals surface area (Å²) in [5.74, 6) is 0.447. The molecule has 84 valence electrons. The number of nitrogens with zero attached hydrogens (tertiary/aromatic N) is 1. The van der Waals surface area contributed by atoms with Crippen molar-refractivity contribution in [2.24, 2.45) is 11.8 Å². The van der Waals surface area contributed by atoms with Crippen molar-refractivity contribution in [3.63, 3.8) is 0 Å². The van der Waals surface area contributed by atoms with Gasteiger partial charge in [0.25, 0.3) is 0 Å². The van der Waals surface area contributed by atoms with Crippen molar-refractivity contribution in [1.82, 2.24) is 10.2 Å². The Morgan fingerprint density at radius 3 is 2.67 bits per heavy atom. The van der Waals surface area contributed by atoms with Crippen molar-refractivity contribution >= 4 is 11.9 Å². The molecule has 1 N–H and O–H groups in total. The van der Waals surface area contributed by atoms with Crippen LogP contribution in [0.3, 0.4) is 0 Å². The highest BCUT2D eigenvalue weighted by Gasteiger charge is 2.30. The second-order valence-corrected chi connectivity index (χ2v) is 4.75. The van der Waals surface area contributed by atoms with Crippen LogP contribution in [0.15, 0.2) is 0 Å². The predicted molar refractivity (Wildman–Crippen MR) is 56.2 cm³/mol. The maximum atomic E-state index is 11.5. The van der Waals surface area contributed by atoms with Gasteiger partial charge in [-0.2, -0.15) is 0 Å². The van der Waals surface area contributed by atoms with Gasteiger partial charge in [-0.25, -0.2) is 4.79 Å². The van der Waals surface area contributed by atoms with Crippen LogP contribution in [-0.4, -0.2) is 29.9 Å². The molecule has 1 saturated heterocycles. The summed E-state index contributed by atoms with van der Waals surface area (Å²) in [7, 11) is 0. The van der Waals surface area contributed by atoms with Crippen molar-refractivity contribution < 1.29 is 9.59 Å². The molecule has 1 saturated carbocycles. The average Bonchev–Trinajstić information content (AvgIpc) is 2.67. The van der Waals surface area contributed by atoms with Crippen molar-refractivity contribution in [2.45, 2.75) is 32.6 Å². The molecular formula is C11H18N2O2. The number of hydrogen-bond donors (Lipinski definition) is 1. The van der Waals surface area contributed by atoms with Gasteiger partial charge in [-0.1, -0.05) is 19.8 Å². The number of carbonyl (C=O) groups is 2. The summed E-state index contributed by atoms with van der Waals surface area (Å²) in [4.78, 5) is 24.6. The van der Waals surface area contributed by atoms with E-state index >= 15 is 0 Å². The molecule has 1 aliphatic carbocycles. The van der Waals surface area contributed by atoms with Gasteiger partial charge in [-0.3, -0.25) is 10.1 Å². The first-order valence-corrected chi connectivity index (χ1v) is 5.76. The van der Waals surface area contributed by atoms with E-state index in [1.807, 2.05) is 6.92 Å². The summed E-state index contributed by atoms with van der Waals surface area (Å²) in [6.07, 6.45) is 5.03.